The molecule has 5 nitrogen and oxygen atoms in total. The van der Waals surface area contributed by atoms with Gasteiger partial charge in [0.2, 0.25) is 5.13 Å². The number of nitrogens with one attached hydrogen (secondary N) is 1. The van der Waals surface area contributed by atoms with Crippen molar-refractivity contribution in [2.24, 2.45) is 0 Å². The third kappa shape index (κ3) is 4.08. The Morgan fingerprint density at radius 1 is 1.22 bits per heavy atom. The van der Waals surface area contributed by atoms with Crippen LogP contribution in [0.3, 0.4) is 0 Å². The third-order valence-electron chi connectivity index (χ3n) is 1.76. The molecule has 0 fully saturated rings. The topological polar surface area (TPSA) is 75.1 Å². The van der Waals surface area contributed by atoms with Gasteiger partial charge in [-0.05, 0) is 31.2 Å². The van der Waals surface area contributed by atoms with Crippen LogP contribution >= 0.6 is 11.3 Å². The maximum atomic E-state index is 11.8. The lowest BCUT2D eigenvalue weighted by Crippen LogP contribution is -2.04. The third-order valence-corrected chi connectivity index (χ3v) is 3.72. The van der Waals surface area contributed by atoms with Crippen molar-refractivity contribution in [2.75, 3.05) is 4.72 Å². The zero-order chi connectivity index (χ0) is 13.5. The summed E-state index contributed by atoms with van der Waals surface area (Å²) in [6.45, 7) is 5.83. The van der Waals surface area contributed by atoms with E-state index >= 15 is 0 Å². The molecule has 18 heavy (non-hydrogen) atoms. The molecule has 98 valence electrons. The van der Waals surface area contributed by atoms with Crippen LogP contribution in [0.4, 0.5) is 5.13 Å². The van der Waals surface area contributed by atoms with Crippen molar-refractivity contribution in [3.8, 4) is 5.75 Å². The molecule has 0 aliphatic rings. The number of aryl methyl sites for hydroxylation is 1. The molecule has 1 aromatic heterocycles. The van der Waals surface area contributed by atoms with E-state index in [1.807, 2.05) is 20.8 Å². The normalized spacial score (nSPS) is 11.3. The molecular formula is C11H15N3O2S2. The molecule has 0 aliphatic heterocycles. The van der Waals surface area contributed by atoms with Crippen molar-refractivity contribution < 1.29 is 9.32 Å². The molecule has 1 atom stereocenters. The van der Waals surface area contributed by atoms with Crippen LogP contribution < -0.4 is 4.72 Å². The Labute approximate surface area is 112 Å². The Bertz CT molecular complexity index is 511. The molecule has 2 aromatic rings. The number of hydrogen-bond acceptors (Lipinski definition) is 5. The average Bonchev–Trinajstić information content (AvgIpc) is 2.78. The lowest BCUT2D eigenvalue weighted by atomic mass is 10.3. The lowest BCUT2D eigenvalue weighted by molar-refractivity contribution is 0.475. The summed E-state index contributed by atoms with van der Waals surface area (Å²) in [6.07, 6.45) is 0. The van der Waals surface area contributed by atoms with Gasteiger partial charge in [0, 0.05) is 0 Å². The van der Waals surface area contributed by atoms with Gasteiger partial charge in [0.25, 0.3) is 0 Å². The van der Waals surface area contributed by atoms with Gasteiger partial charge < -0.3 is 5.11 Å². The maximum Gasteiger partial charge on any atom is 0.217 e. The average molecular weight is 285 g/mol. The van der Waals surface area contributed by atoms with Gasteiger partial charge in [0.1, 0.15) is 10.8 Å². The Morgan fingerprint density at radius 3 is 2.33 bits per heavy atom. The number of benzene rings is 1. The fraction of sp³-hybridized carbons (Fsp3) is 0.273. The summed E-state index contributed by atoms with van der Waals surface area (Å²) in [4.78, 5) is 0.575. The number of aromatic nitrogens is 2. The van der Waals surface area contributed by atoms with E-state index in [1.54, 1.807) is 12.1 Å². The molecular weight excluding hydrogens is 270 g/mol. The molecule has 1 heterocycles. The first-order chi connectivity index (χ1) is 8.65. The van der Waals surface area contributed by atoms with Gasteiger partial charge in [-0.1, -0.05) is 25.2 Å². The largest absolute Gasteiger partial charge is 0.508 e. The Hall–Kier alpha value is -1.47. The second kappa shape index (κ2) is 7.07. The molecule has 7 heteroatoms. The van der Waals surface area contributed by atoms with E-state index in [-0.39, 0.29) is 5.75 Å². The molecule has 0 saturated heterocycles. The van der Waals surface area contributed by atoms with Crippen LogP contribution in [0.25, 0.3) is 0 Å². The molecule has 1 unspecified atom stereocenters. The summed E-state index contributed by atoms with van der Waals surface area (Å²) in [7, 11) is -1.38. The van der Waals surface area contributed by atoms with Gasteiger partial charge in [-0.25, -0.2) is 4.21 Å². The van der Waals surface area contributed by atoms with E-state index in [9.17, 15) is 4.21 Å². The van der Waals surface area contributed by atoms with E-state index in [2.05, 4.69) is 14.9 Å². The van der Waals surface area contributed by atoms with Crippen LogP contribution in [0.1, 0.15) is 18.9 Å². The molecule has 1 aromatic carbocycles. The molecule has 0 radical (unpaired) electrons. The summed E-state index contributed by atoms with van der Waals surface area (Å²) >= 11 is 1.34. The minimum absolute atomic E-state index is 0.146. The van der Waals surface area contributed by atoms with Crippen molar-refractivity contribution in [3.63, 3.8) is 0 Å². The highest BCUT2D eigenvalue weighted by atomic mass is 32.2. The van der Waals surface area contributed by atoms with Crippen LogP contribution in [-0.4, -0.2) is 19.5 Å². The fourth-order valence-electron chi connectivity index (χ4n) is 1.05. The molecule has 2 rings (SSSR count). The van der Waals surface area contributed by atoms with E-state index < -0.39 is 11.0 Å². The van der Waals surface area contributed by atoms with Gasteiger partial charge >= 0.3 is 0 Å². The molecule has 0 amide bonds. The van der Waals surface area contributed by atoms with E-state index in [4.69, 9.17) is 5.11 Å². The minimum atomic E-state index is -1.38. The predicted octanol–water partition coefficient (Wildman–Crippen LogP) is 2.71. The smallest absolute Gasteiger partial charge is 0.217 e. The maximum absolute atomic E-state index is 11.8. The number of aromatic hydroxyl groups is 1. The van der Waals surface area contributed by atoms with Crippen molar-refractivity contribution in [1.82, 2.24) is 10.2 Å². The number of nitrogens with zero attached hydrogens (tertiary/aromatic N) is 2. The van der Waals surface area contributed by atoms with Crippen LogP contribution in [0.2, 0.25) is 0 Å². The predicted molar refractivity (Wildman–Crippen MR) is 74.1 cm³/mol. The van der Waals surface area contributed by atoms with Crippen LogP contribution in [0, 0.1) is 6.92 Å². The first kappa shape index (κ1) is 14.6. The zero-order valence-corrected chi connectivity index (χ0v) is 12.0. The molecule has 0 spiro atoms. The Kier molecular flexibility index (Phi) is 5.73. The summed E-state index contributed by atoms with van der Waals surface area (Å²) < 4.78 is 14.5. The summed E-state index contributed by atoms with van der Waals surface area (Å²) in [5, 5.41) is 18.0. The van der Waals surface area contributed by atoms with Gasteiger partial charge in [0.05, 0.1) is 4.90 Å². The number of anilines is 1. The van der Waals surface area contributed by atoms with Gasteiger partial charge in [-0.15, -0.1) is 10.2 Å². The summed E-state index contributed by atoms with van der Waals surface area (Å²) in [6, 6.07) is 6.15. The van der Waals surface area contributed by atoms with Gasteiger partial charge in [-0.2, -0.15) is 0 Å². The highest BCUT2D eigenvalue weighted by molar-refractivity contribution is 7.86. The van der Waals surface area contributed by atoms with Crippen LogP contribution in [0.5, 0.6) is 5.75 Å². The number of phenolic OH excluding ortho intramolecular Hbond substituents is 1. The van der Waals surface area contributed by atoms with E-state index in [1.165, 1.54) is 23.5 Å². The summed E-state index contributed by atoms with van der Waals surface area (Å²) in [5.41, 5.74) is 0. The highest BCUT2D eigenvalue weighted by Crippen LogP contribution is 2.18. The van der Waals surface area contributed by atoms with Crippen molar-refractivity contribution >= 4 is 27.5 Å². The monoisotopic (exact) mass is 285 g/mol. The van der Waals surface area contributed by atoms with Gasteiger partial charge in [0.15, 0.2) is 11.0 Å². The van der Waals surface area contributed by atoms with Crippen molar-refractivity contribution in [3.05, 3.63) is 29.3 Å². The summed E-state index contributed by atoms with van der Waals surface area (Å²) in [5.74, 6) is 0.146. The number of hydrogen-bond donors (Lipinski definition) is 2. The van der Waals surface area contributed by atoms with Gasteiger partial charge in [-0.3, -0.25) is 4.72 Å². The Morgan fingerprint density at radius 2 is 1.83 bits per heavy atom. The SMILES string of the molecule is CC.Cc1nnc(NS(=O)c2ccc(O)cc2)s1. The quantitative estimate of drug-likeness (QED) is 0.909. The van der Waals surface area contributed by atoms with Crippen LogP contribution in [-0.2, 0) is 11.0 Å². The molecule has 0 saturated carbocycles. The minimum Gasteiger partial charge on any atom is -0.508 e. The van der Waals surface area contributed by atoms with E-state index in [0.29, 0.717) is 10.0 Å². The molecule has 0 bridgehead atoms. The second-order valence-electron chi connectivity index (χ2n) is 2.99. The Balaban J connectivity index is 0.000000771. The lowest BCUT2D eigenvalue weighted by Gasteiger charge is -2.01. The second-order valence-corrected chi connectivity index (χ2v) is 5.39. The van der Waals surface area contributed by atoms with Crippen molar-refractivity contribution in [2.45, 2.75) is 25.7 Å². The molecule has 0 aliphatic carbocycles. The number of phenols is 1. The number of rotatable bonds is 3. The van der Waals surface area contributed by atoms with E-state index in [0.717, 1.165) is 5.01 Å². The zero-order valence-electron chi connectivity index (χ0n) is 10.4. The first-order valence-corrected chi connectivity index (χ1v) is 7.39. The standard InChI is InChI=1S/C9H9N3O2S2.C2H6/c1-6-10-11-9(15-6)12-16(14)8-4-2-7(13)3-5-8;1-2/h2-5,13H,1H3,(H,11,12);1-2H3. The highest BCUT2D eigenvalue weighted by Gasteiger charge is 2.07. The molecule has 2 N–H and O–H groups in total. The van der Waals surface area contributed by atoms with Crippen molar-refractivity contribution in [1.29, 1.82) is 0 Å². The fourth-order valence-corrected chi connectivity index (χ4v) is 2.58. The van der Waals surface area contributed by atoms with Crippen LogP contribution in [0.15, 0.2) is 29.2 Å². The first-order valence-electron chi connectivity index (χ1n) is 5.43.